The van der Waals surface area contributed by atoms with Gasteiger partial charge in [-0.05, 0) is 25.1 Å². The number of hydrogen-bond donors (Lipinski definition) is 1. The van der Waals surface area contributed by atoms with Gasteiger partial charge in [-0.3, -0.25) is 4.79 Å². The van der Waals surface area contributed by atoms with Crippen molar-refractivity contribution in [2.75, 3.05) is 7.05 Å². The third-order valence-corrected chi connectivity index (χ3v) is 4.38. The molecule has 0 unspecified atom stereocenters. The van der Waals surface area contributed by atoms with E-state index in [1.54, 1.807) is 18.9 Å². The molecule has 134 valence electrons. The van der Waals surface area contributed by atoms with Crippen LogP contribution in [0.25, 0.3) is 11.0 Å². The van der Waals surface area contributed by atoms with Gasteiger partial charge < -0.3 is 14.4 Å². The molecule has 2 heterocycles. The van der Waals surface area contributed by atoms with Gasteiger partial charge in [-0.15, -0.1) is 0 Å². The SMILES string of the molecule is CCc1oc2ccccc2c1CN(C)C(=O)c1ccc(C(=O)O)c(C)n1. The predicted octanol–water partition coefficient (Wildman–Crippen LogP) is 3.67. The van der Waals surface area contributed by atoms with Gasteiger partial charge in [0.15, 0.2) is 0 Å². The van der Waals surface area contributed by atoms with Crippen molar-refractivity contribution in [2.45, 2.75) is 26.8 Å². The van der Waals surface area contributed by atoms with Crippen LogP contribution < -0.4 is 0 Å². The number of pyridine rings is 1. The second-order valence-electron chi connectivity index (χ2n) is 6.15. The quantitative estimate of drug-likeness (QED) is 0.757. The van der Waals surface area contributed by atoms with E-state index in [1.165, 1.54) is 12.1 Å². The number of rotatable bonds is 5. The number of carboxylic acids is 1. The molecule has 1 aromatic carbocycles. The minimum absolute atomic E-state index is 0.0956. The van der Waals surface area contributed by atoms with Gasteiger partial charge in [-0.1, -0.05) is 25.1 Å². The Balaban J connectivity index is 1.89. The summed E-state index contributed by atoms with van der Waals surface area (Å²) in [5.41, 5.74) is 2.43. The van der Waals surface area contributed by atoms with Gasteiger partial charge in [-0.2, -0.15) is 0 Å². The number of aromatic carboxylic acids is 1. The number of carbonyl (C=O) groups is 2. The number of aromatic nitrogens is 1. The van der Waals surface area contributed by atoms with Crippen molar-refractivity contribution < 1.29 is 19.1 Å². The lowest BCUT2D eigenvalue weighted by Gasteiger charge is -2.17. The van der Waals surface area contributed by atoms with Crippen molar-refractivity contribution in [1.29, 1.82) is 0 Å². The molecule has 1 N–H and O–H groups in total. The Morgan fingerprint density at radius 1 is 1.19 bits per heavy atom. The lowest BCUT2D eigenvalue weighted by Crippen LogP contribution is -2.27. The minimum atomic E-state index is -1.06. The van der Waals surface area contributed by atoms with Gasteiger partial charge in [0.25, 0.3) is 5.91 Å². The fourth-order valence-corrected chi connectivity index (χ4v) is 3.02. The molecule has 0 aliphatic heterocycles. The molecule has 0 aliphatic carbocycles. The highest BCUT2D eigenvalue weighted by Crippen LogP contribution is 2.27. The van der Waals surface area contributed by atoms with Gasteiger partial charge >= 0.3 is 5.97 Å². The van der Waals surface area contributed by atoms with Crippen LogP contribution in [0.1, 0.15) is 44.8 Å². The van der Waals surface area contributed by atoms with Crippen LogP contribution in [0.4, 0.5) is 0 Å². The molecule has 6 heteroatoms. The van der Waals surface area contributed by atoms with Crippen molar-refractivity contribution in [3.63, 3.8) is 0 Å². The summed E-state index contributed by atoms with van der Waals surface area (Å²) in [5.74, 6) is -0.464. The number of carboxylic acid groups (broad SMARTS) is 1. The highest BCUT2D eigenvalue weighted by Gasteiger charge is 2.20. The highest BCUT2D eigenvalue weighted by molar-refractivity contribution is 5.94. The highest BCUT2D eigenvalue weighted by atomic mass is 16.4. The van der Waals surface area contributed by atoms with Crippen LogP contribution in [0.5, 0.6) is 0 Å². The summed E-state index contributed by atoms with van der Waals surface area (Å²) in [7, 11) is 1.70. The van der Waals surface area contributed by atoms with Crippen molar-refractivity contribution in [3.05, 3.63) is 64.7 Å². The molecule has 0 atom stereocenters. The summed E-state index contributed by atoms with van der Waals surface area (Å²) in [6.45, 7) is 3.98. The Kier molecular flexibility index (Phi) is 4.75. The molecule has 0 spiro atoms. The zero-order valence-corrected chi connectivity index (χ0v) is 14.9. The van der Waals surface area contributed by atoms with Gasteiger partial charge in [0.05, 0.1) is 11.3 Å². The summed E-state index contributed by atoms with van der Waals surface area (Å²) in [6, 6.07) is 10.6. The van der Waals surface area contributed by atoms with Crippen LogP contribution in [0, 0.1) is 6.92 Å². The number of furan rings is 1. The first-order chi connectivity index (χ1) is 12.4. The van der Waals surface area contributed by atoms with Crippen molar-refractivity contribution in [3.8, 4) is 0 Å². The molecular formula is C20H20N2O4. The van der Waals surface area contributed by atoms with E-state index in [2.05, 4.69) is 4.98 Å². The summed E-state index contributed by atoms with van der Waals surface area (Å²) >= 11 is 0. The molecule has 0 saturated heterocycles. The second kappa shape index (κ2) is 7.00. The lowest BCUT2D eigenvalue weighted by atomic mass is 10.1. The maximum Gasteiger partial charge on any atom is 0.337 e. The molecule has 0 radical (unpaired) electrons. The molecule has 0 fully saturated rings. The Morgan fingerprint density at radius 3 is 2.58 bits per heavy atom. The van der Waals surface area contributed by atoms with Crippen molar-refractivity contribution in [1.82, 2.24) is 9.88 Å². The molecule has 3 rings (SSSR count). The number of para-hydroxylation sites is 1. The van der Waals surface area contributed by atoms with Crippen molar-refractivity contribution >= 4 is 22.8 Å². The molecule has 3 aromatic rings. The summed E-state index contributed by atoms with van der Waals surface area (Å²) in [5, 5.41) is 10.1. The number of aryl methyl sites for hydroxylation is 2. The first-order valence-corrected chi connectivity index (χ1v) is 8.38. The van der Waals surface area contributed by atoms with Gasteiger partial charge in [0, 0.05) is 31.0 Å². The topological polar surface area (TPSA) is 83.6 Å². The number of hydrogen-bond acceptors (Lipinski definition) is 4. The molecule has 1 amide bonds. The van der Waals surface area contributed by atoms with E-state index in [1.807, 2.05) is 31.2 Å². The van der Waals surface area contributed by atoms with Crippen LogP contribution in [-0.2, 0) is 13.0 Å². The maximum absolute atomic E-state index is 12.7. The van der Waals surface area contributed by atoms with Crippen LogP contribution in [0.15, 0.2) is 40.8 Å². The molecule has 2 aromatic heterocycles. The van der Waals surface area contributed by atoms with E-state index in [0.717, 1.165) is 28.7 Å². The summed E-state index contributed by atoms with van der Waals surface area (Å²) in [4.78, 5) is 29.5. The zero-order valence-electron chi connectivity index (χ0n) is 14.9. The molecule has 26 heavy (non-hydrogen) atoms. The first-order valence-electron chi connectivity index (χ1n) is 8.38. The molecule has 0 bridgehead atoms. The van der Waals surface area contributed by atoms with Gasteiger partial charge in [0.2, 0.25) is 0 Å². The molecule has 6 nitrogen and oxygen atoms in total. The third-order valence-electron chi connectivity index (χ3n) is 4.38. The number of amides is 1. The fourth-order valence-electron chi connectivity index (χ4n) is 3.02. The van der Waals surface area contributed by atoms with E-state index < -0.39 is 5.97 Å². The molecular weight excluding hydrogens is 332 g/mol. The third kappa shape index (κ3) is 3.18. The van der Waals surface area contributed by atoms with Crippen LogP contribution >= 0.6 is 0 Å². The maximum atomic E-state index is 12.7. The van der Waals surface area contributed by atoms with Crippen molar-refractivity contribution in [2.24, 2.45) is 0 Å². The van der Waals surface area contributed by atoms with E-state index in [0.29, 0.717) is 12.2 Å². The Labute approximate surface area is 151 Å². The van der Waals surface area contributed by atoms with Crippen LogP contribution in [-0.4, -0.2) is 33.9 Å². The van der Waals surface area contributed by atoms with Gasteiger partial charge in [0.1, 0.15) is 17.0 Å². The summed E-state index contributed by atoms with van der Waals surface area (Å²) in [6.07, 6.45) is 0.733. The smallest absolute Gasteiger partial charge is 0.337 e. The van der Waals surface area contributed by atoms with Crippen LogP contribution in [0.3, 0.4) is 0 Å². The normalized spacial score (nSPS) is 10.9. The van der Waals surface area contributed by atoms with Crippen LogP contribution in [0.2, 0.25) is 0 Å². The van der Waals surface area contributed by atoms with Gasteiger partial charge in [-0.25, -0.2) is 9.78 Å². The lowest BCUT2D eigenvalue weighted by molar-refractivity contribution is 0.0693. The standard InChI is InChI=1S/C20H20N2O4/c1-4-17-15(14-7-5-6-8-18(14)26-17)11-22(3)19(23)16-10-9-13(20(24)25)12(2)21-16/h5-10H,4,11H2,1-3H3,(H,24,25). The predicted molar refractivity (Wildman–Crippen MR) is 97.3 cm³/mol. The minimum Gasteiger partial charge on any atom is -0.478 e. The fraction of sp³-hybridized carbons (Fsp3) is 0.250. The average molecular weight is 352 g/mol. The zero-order chi connectivity index (χ0) is 18.8. The van der Waals surface area contributed by atoms with E-state index >= 15 is 0 Å². The Hall–Kier alpha value is -3.15. The molecule has 0 aliphatic rings. The largest absolute Gasteiger partial charge is 0.478 e. The number of benzene rings is 1. The second-order valence-corrected chi connectivity index (χ2v) is 6.15. The monoisotopic (exact) mass is 352 g/mol. The summed E-state index contributed by atoms with van der Waals surface area (Å²) < 4.78 is 5.88. The Morgan fingerprint density at radius 2 is 1.92 bits per heavy atom. The number of nitrogens with zero attached hydrogens (tertiary/aromatic N) is 2. The average Bonchev–Trinajstić information content (AvgIpc) is 2.98. The first kappa shape index (κ1) is 17.7. The van der Waals surface area contributed by atoms with E-state index in [4.69, 9.17) is 9.52 Å². The number of carbonyl (C=O) groups excluding carboxylic acids is 1. The Bertz CT molecular complexity index is 991. The molecule has 0 saturated carbocycles. The van der Waals surface area contributed by atoms with E-state index in [-0.39, 0.29) is 17.2 Å². The number of fused-ring (bicyclic) bond motifs is 1. The van der Waals surface area contributed by atoms with E-state index in [9.17, 15) is 9.59 Å².